The molecule has 0 N–H and O–H groups in total. The Kier molecular flexibility index (Phi) is 11.6. The molecule has 3 nitrogen and oxygen atoms in total. The minimum absolute atomic E-state index is 1.12. The fourth-order valence-corrected chi connectivity index (χ4v) is 23.9. The van der Waals surface area contributed by atoms with E-state index >= 15 is 0 Å². The van der Waals surface area contributed by atoms with Crippen molar-refractivity contribution in [1.82, 2.24) is 13.7 Å². The van der Waals surface area contributed by atoms with E-state index in [-0.39, 0.29) is 0 Å². The standard InChI is InChI=1S/C78H55N3Si2/c1-7-28-58(29-8-1)82(59-30-9-2-10-31-59,60-32-11-3-12-33-60)64-40-25-27-56(53-64)80-73-46-24-21-43-69(73)78-75(80)47-26-48-76(78)81-72-45-23-19-41-66(72)68-51-49-57(54-77(68)81)79-71-44-22-20-42-67(71)70-55-65(50-52-74(70)79)83(61-34-13-4-14-35-61,62-36-15-5-16-37-62)63-38-17-6-18-39-63/h1-55H. The fourth-order valence-electron chi connectivity index (χ4n) is 14.3. The maximum atomic E-state index is 2.54. The lowest BCUT2D eigenvalue weighted by Gasteiger charge is -2.34. The Morgan fingerprint density at radius 1 is 0.181 bits per heavy atom. The van der Waals surface area contributed by atoms with Crippen molar-refractivity contribution in [2.24, 2.45) is 0 Å². The first-order chi connectivity index (χ1) is 41.2. The van der Waals surface area contributed by atoms with E-state index in [2.05, 4.69) is 347 Å². The van der Waals surface area contributed by atoms with Gasteiger partial charge in [-0.2, -0.15) is 0 Å². The Balaban J connectivity index is 0.912. The summed E-state index contributed by atoms with van der Waals surface area (Å²) >= 11 is 0. The molecule has 0 unspecified atom stereocenters. The Morgan fingerprint density at radius 3 is 1.05 bits per heavy atom. The van der Waals surface area contributed by atoms with Crippen LogP contribution in [0, 0.1) is 0 Å². The second-order valence-electron chi connectivity index (χ2n) is 21.9. The zero-order valence-electron chi connectivity index (χ0n) is 45.6. The van der Waals surface area contributed by atoms with Crippen molar-refractivity contribution in [1.29, 1.82) is 0 Å². The van der Waals surface area contributed by atoms with E-state index in [1.54, 1.807) is 0 Å². The molecule has 0 radical (unpaired) electrons. The van der Waals surface area contributed by atoms with Crippen LogP contribution in [-0.4, -0.2) is 29.8 Å². The lowest BCUT2D eigenvalue weighted by Crippen LogP contribution is -2.74. The number of aromatic nitrogens is 3. The van der Waals surface area contributed by atoms with Crippen LogP contribution in [0.3, 0.4) is 0 Å². The zero-order chi connectivity index (χ0) is 54.9. The first-order valence-electron chi connectivity index (χ1n) is 28.8. The molecule has 390 valence electrons. The largest absolute Gasteiger partial charge is 0.309 e. The number of hydrogen-bond acceptors (Lipinski definition) is 0. The number of fused-ring (bicyclic) bond motifs is 9. The second-order valence-corrected chi connectivity index (χ2v) is 29.5. The normalized spacial score (nSPS) is 12.1. The summed E-state index contributed by atoms with van der Waals surface area (Å²) in [6.45, 7) is 0. The van der Waals surface area contributed by atoms with Gasteiger partial charge in [0.1, 0.15) is 0 Å². The molecule has 0 aliphatic heterocycles. The van der Waals surface area contributed by atoms with Crippen LogP contribution in [0.2, 0.25) is 0 Å². The van der Waals surface area contributed by atoms with Crippen molar-refractivity contribution in [3.05, 3.63) is 334 Å². The van der Waals surface area contributed by atoms with Gasteiger partial charge in [0.2, 0.25) is 0 Å². The maximum absolute atomic E-state index is 2.83. The van der Waals surface area contributed by atoms with Crippen LogP contribution in [0.1, 0.15) is 0 Å². The second kappa shape index (κ2) is 19.7. The lowest BCUT2D eigenvalue weighted by atomic mass is 10.1. The van der Waals surface area contributed by atoms with Gasteiger partial charge in [-0.3, -0.25) is 0 Å². The predicted molar refractivity (Wildman–Crippen MR) is 357 cm³/mol. The molecule has 3 heterocycles. The minimum atomic E-state index is -2.83. The van der Waals surface area contributed by atoms with Gasteiger partial charge in [-0.05, 0) is 102 Å². The summed E-state index contributed by atoms with van der Waals surface area (Å²) in [6.07, 6.45) is 0. The van der Waals surface area contributed by atoms with Crippen molar-refractivity contribution in [2.45, 2.75) is 0 Å². The Morgan fingerprint density at radius 2 is 0.530 bits per heavy atom. The zero-order valence-corrected chi connectivity index (χ0v) is 47.6. The Labute approximate surface area is 484 Å². The highest BCUT2D eigenvalue weighted by atomic mass is 28.3. The molecule has 83 heavy (non-hydrogen) atoms. The molecule has 0 saturated heterocycles. The third kappa shape index (κ3) is 7.42. The smallest absolute Gasteiger partial charge is 0.179 e. The fraction of sp³-hybridized carbons (Fsp3) is 0. The summed E-state index contributed by atoms with van der Waals surface area (Å²) in [4.78, 5) is 0. The maximum Gasteiger partial charge on any atom is 0.179 e. The predicted octanol–water partition coefficient (Wildman–Crippen LogP) is 13.7. The van der Waals surface area contributed by atoms with Crippen molar-refractivity contribution in [3.63, 3.8) is 0 Å². The van der Waals surface area contributed by atoms with Gasteiger partial charge in [-0.1, -0.05) is 273 Å². The van der Waals surface area contributed by atoms with Crippen molar-refractivity contribution in [2.75, 3.05) is 0 Å². The monoisotopic (exact) mass is 1090 g/mol. The van der Waals surface area contributed by atoms with Gasteiger partial charge in [-0.15, -0.1) is 0 Å². The molecular weight excluding hydrogens is 1040 g/mol. The highest BCUT2D eigenvalue weighted by molar-refractivity contribution is 7.20. The molecule has 0 bridgehead atoms. The molecule has 5 heteroatoms. The van der Waals surface area contributed by atoms with E-state index in [4.69, 9.17) is 0 Å². The highest BCUT2D eigenvalue weighted by Crippen LogP contribution is 2.41. The van der Waals surface area contributed by atoms with Gasteiger partial charge in [0, 0.05) is 43.7 Å². The Bertz CT molecular complexity index is 4880. The molecule has 13 aromatic carbocycles. The first-order valence-corrected chi connectivity index (χ1v) is 32.8. The third-order valence-electron chi connectivity index (χ3n) is 17.7. The lowest BCUT2D eigenvalue weighted by molar-refractivity contribution is 1.16. The van der Waals surface area contributed by atoms with Crippen molar-refractivity contribution < 1.29 is 0 Å². The van der Waals surface area contributed by atoms with Crippen LogP contribution in [0.15, 0.2) is 334 Å². The van der Waals surface area contributed by atoms with Crippen LogP contribution in [0.5, 0.6) is 0 Å². The van der Waals surface area contributed by atoms with Gasteiger partial charge >= 0.3 is 0 Å². The van der Waals surface area contributed by atoms with Crippen LogP contribution in [0.25, 0.3) is 82.5 Å². The molecule has 0 amide bonds. The van der Waals surface area contributed by atoms with E-state index < -0.39 is 16.1 Å². The van der Waals surface area contributed by atoms with E-state index in [0.29, 0.717) is 0 Å². The van der Waals surface area contributed by atoms with E-state index in [0.717, 1.165) is 28.1 Å². The van der Waals surface area contributed by atoms with Crippen LogP contribution in [0.4, 0.5) is 0 Å². The van der Waals surface area contributed by atoms with Gasteiger partial charge in [0.25, 0.3) is 0 Å². The van der Waals surface area contributed by atoms with Gasteiger partial charge < -0.3 is 13.7 Å². The summed E-state index contributed by atoms with van der Waals surface area (Å²) in [6, 6.07) is 125. The summed E-state index contributed by atoms with van der Waals surface area (Å²) in [5.74, 6) is 0. The van der Waals surface area contributed by atoms with Crippen molar-refractivity contribution >= 4 is 123 Å². The topological polar surface area (TPSA) is 14.8 Å². The molecule has 3 aromatic heterocycles. The molecular formula is C78H55N3Si2. The van der Waals surface area contributed by atoms with Gasteiger partial charge in [-0.25, -0.2) is 0 Å². The van der Waals surface area contributed by atoms with Crippen LogP contribution in [-0.2, 0) is 0 Å². The average molecular weight is 1090 g/mol. The van der Waals surface area contributed by atoms with Gasteiger partial charge in [0.15, 0.2) is 16.1 Å². The highest BCUT2D eigenvalue weighted by Gasteiger charge is 2.43. The van der Waals surface area contributed by atoms with Crippen molar-refractivity contribution in [3.8, 4) is 17.1 Å². The van der Waals surface area contributed by atoms with E-state index in [9.17, 15) is 0 Å². The van der Waals surface area contributed by atoms with Crippen LogP contribution >= 0.6 is 0 Å². The summed E-state index contributed by atoms with van der Waals surface area (Å²) in [5, 5.41) is 18.2. The first kappa shape index (κ1) is 48.6. The molecule has 0 saturated carbocycles. The van der Waals surface area contributed by atoms with E-state index in [1.165, 1.54) is 95.9 Å². The number of nitrogens with zero attached hydrogens (tertiary/aromatic N) is 3. The molecule has 0 atom stereocenters. The quantitative estimate of drug-likeness (QED) is 0.0906. The molecule has 0 fully saturated rings. The summed E-state index contributed by atoms with van der Waals surface area (Å²) in [7, 11) is -5.63. The van der Waals surface area contributed by atoms with Gasteiger partial charge in [0.05, 0.1) is 38.8 Å². The number of para-hydroxylation sites is 3. The number of hydrogen-bond donors (Lipinski definition) is 0. The molecule has 0 aliphatic rings. The third-order valence-corrected chi connectivity index (χ3v) is 27.3. The number of benzene rings is 13. The molecule has 0 aliphatic carbocycles. The Hall–Kier alpha value is -10.3. The van der Waals surface area contributed by atoms with E-state index in [1.807, 2.05) is 0 Å². The molecule has 16 aromatic rings. The summed E-state index contributed by atoms with van der Waals surface area (Å²) < 4.78 is 7.54. The SMILES string of the molecule is c1ccc([Si](c2ccccc2)(c2ccccc2)c2cccc(-n3c4ccccc4c4c(-n5c6ccccc6c6ccc(-n7c8ccccc8c8cc([Si](c9ccccc9)(c9ccccc9)c9ccccc9)ccc87)cc65)cccc43)c2)cc1. The van der Waals surface area contributed by atoms with Crippen LogP contribution < -0.4 is 41.5 Å². The molecule has 16 rings (SSSR count). The molecule has 0 spiro atoms. The number of rotatable bonds is 11. The summed E-state index contributed by atoms with van der Waals surface area (Å²) in [5.41, 5.74) is 10.4. The average Bonchev–Trinajstić information content (AvgIpc) is 2.69. The minimum Gasteiger partial charge on any atom is -0.309 e.